The summed E-state index contributed by atoms with van der Waals surface area (Å²) in [5.41, 5.74) is 3.49. The van der Waals surface area contributed by atoms with E-state index in [1.165, 1.54) is 36.5 Å². The molecule has 4 aliphatic rings. The van der Waals surface area contributed by atoms with Crippen LogP contribution in [0.5, 0.6) is 0 Å². The zero-order valence-electron chi connectivity index (χ0n) is 19.5. The van der Waals surface area contributed by atoms with Gasteiger partial charge in [-0.3, -0.25) is 4.79 Å². The highest BCUT2D eigenvalue weighted by Gasteiger charge is 2.54. The lowest BCUT2D eigenvalue weighted by Crippen LogP contribution is -2.43. The fourth-order valence-corrected chi connectivity index (χ4v) is 7.15. The molecule has 2 nitrogen and oxygen atoms in total. The smallest absolute Gasteiger partial charge is 0.309 e. The molecule has 3 fully saturated rings. The van der Waals surface area contributed by atoms with E-state index in [0.29, 0.717) is 29.6 Å². The summed E-state index contributed by atoms with van der Waals surface area (Å²) in [7, 11) is 0. The van der Waals surface area contributed by atoms with Crippen LogP contribution in [0.2, 0.25) is 0 Å². The molecule has 5 rings (SSSR count). The summed E-state index contributed by atoms with van der Waals surface area (Å²) in [5, 5.41) is 0. The Morgan fingerprint density at radius 3 is 2.72 bits per heavy atom. The SMILES string of the molecule is CC1CC(/C=C/[C@@H]2[C@@H]3CC[C@H](C)C[C@@H]3C[C@@H]3C(=O)O[C@H](C)[C@@H]23)=CC=C1c1cccc(F)c1. The second kappa shape index (κ2) is 8.65. The molecule has 8 atom stereocenters. The molecule has 0 aromatic heterocycles. The number of carbonyl (C=O) groups is 1. The van der Waals surface area contributed by atoms with Crippen LogP contribution in [0.25, 0.3) is 5.57 Å². The van der Waals surface area contributed by atoms with Crippen LogP contribution in [0, 0.1) is 47.2 Å². The van der Waals surface area contributed by atoms with Gasteiger partial charge in [-0.05, 0) is 91.0 Å². The predicted molar refractivity (Wildman–Crippen MR) is 126 cm³/mol. The minimum absolute atomic E-state index is 0.0150. The van der Waals surface area contributed by atoms with E-state index in [1.807, 2.05) is 6.07 Å². The minimum atomic E-state index is -0.184. The Kier molecular flexibility index (Phi) is 5.86. The second-order valence-electron chi connectivity index (χ2n) is 10.8. The molecule has 0 bridgehead atoms. The van der Waals surface area contributed by atoms with E-state index in [0.717, 1.165) is 24.3 Å². The number of rotatable bonds is 3. The zero-order chi connectivity index (χ0) is 22.4. The summed E-state index contributed by atoms with van der Waals surface area (Å²) in [4.78, 5) is 12.6. The molecule has 1 aromatic rings. The van der Waals surface area contributed by atoms with Gasteiger partial charge in [0.25, 0.3) is 0 Å². The van der Waals surface area contributed by atoms with Crippen LogP contribution in [0.3, 0.4) is 0 Å². The number of carbonyl (C=O) groups excluding carboxylic acids is 1. The summed E-state index contributed by atoms with van der Waals surface area (Å²) in [6.07, 6.45) is 14.9. The van der Waals surface area contributed by atoms with Gasteiger partial charge in [0.1, 0.15) is 11.9 Å². The molecule has 1 heterocycles. The van der Waals surface area contributed by atoms with Gasteiger partial charge >= 0.3 is 5.97 Å². The van der Waals surface area contributed by atoms with Crippen LogP contribution >= 0.6 is 0 Å². The first kappa shape index (κ1) is 21.7. The van der Waals surface area contributed by atoms with Gasteiger partial charge < -0.3 is 4.74 Å². The molecule has 170 valence electrons. The van der Waals surface area contributed by atoms with Crippen LogP contribution in [-0.4, -0.2) is 12.1 Å². The first-order valence-electron chi connectivity index (χ1n) is 12.5. The van der Waals surface area contributed by atoms with Crippen LogP contribution < -0.4 is 0 Å². The van der Waals surface area contributed by atoms with Gasteiger partial charge in [0.2, 0.25) is 0 Å². The van der Waals surface area contributed by atoms with Crippen LogP contribution in [0.15, 0.2) is 54.1 Å². The maximum absolute atomic E-state index is 13.7. The van der Waals surface area contributed by atoms with E-state index in [1.54, 1.807) is 12.1 Å². The molecule has 0 spiro atoms. The number of benzene rings is 1. The molecule has 3 aliphatic carbocycles. The quantitative estimate of drug-likeness (QED) is 0.480. The van der Waals surface area contributed by atoms with E-state index >= 15 is 0 Å². The molecule has 1 aliphatic heterocycles. The van der Waals surface area contributed by atoms with Crippen LogP contribution in [0.4, 0.5) is 4.39 Å². The molecule has 0 N–H and O–H groups in total. The van der Waals surface area contributed by atoms with Crippen molar-refractivity contribution in [2.24, 2.45) is 41.4 Å². The Balaban J connectivity index is 1.40. The van der Waals surface area contributed by atoms with E-state index in [9.17, 15) is 9.18 Å². The van der Waals surface area contributed by atoms with Crippen molar-refractivity contribution in [1.29, 1.82) is 0 Å². The molecule has 32 heavy (non-hydrogen) atoms. The number of hydrogen-bond donors (Lipinski definition) is 0. The Hall–Kier alpha value is -2.16. The highest BCUT2D eigenvalue weighted by Crippen LogP contribution is 2.54. The minimum Gasteiger partial charge on any atom is -0.462 e. The summed E-state index contributed by atoms with van der Waals surface area (Å²) in [5.74, 6) is 3.07. The van der Waals surface area contributed by atoms with Gasteiger partial charge in [0.05, 0.1) is 5.92 Å². The maximum Gasteiger partial charge on any atom is 0.309 e. The second-order valence-corrected chi connectivity index (χ2v) is 10.8. The van der Waals surface area contributed by atoms with Crippen molar-refractivity contribution >= 4 is 11.5 Å². The summed E-state index contributed by atoms with van der Waals surface area (Å²) in [6, 6.07) is 6.90. The number of hydrogen-bond acceptors (Lipinski definition) is 2. The maximum atomic E-state index is 13.7. The fraction of sp³-hybridized carbons (Fsp3) is 0.552. The third kappa shape index (κ3) is 4.00. The molecule has 1 unspecified atom stereocenters. The van der Waals surface area contributed by atoms with E-state index in [-0.39, 0.29) is 23.8 Å². The standard InChI is InChI=1S/C29H35FO2/c1-17-7-10-25-22(13-17)16-27-28(19(3)32-29(27)31)26(25)12-9-20-8-11-24(18(2)14-20)21-5-4-6-23(30)15-21/h4-6,8-9,11-12,15,17-19,22,25-28H,7,10,13-14,16H2,1-3H3/b12-9+/t17-,18?,19+,22+,25+,26+,27-,28-/m0/s1. The predicted octanol–water partition coefficient (Wildman–Crippen LogP) is 6.98. The summed E-state index contributed by atoms with van der Waals surface area (Å²) < 4.78 is 19.4. The summed E-state index contributed by atoms with van der Waals surface area (Å²) >= 11 is 0. The van der Waals surface area contributed by atoms with Gasteiger partial charge in [-0.2, -0.15) is 0 Å². The topological polar surface area (TPSA) is 26.3 Å². The van der Waals surface area contributed by atoms with Gasteiger partial charge in [-0.15, -0.1) is 0 Å². The van der Waals surface area contributed by atoms with E-state index in [4.69, 9.17) is 4.74 Å². The lowest BCUT2D eigenvalue weighted by molar-refractivity contribution is -0.144. The molecule has 1 saturated heterocycles. The average Bonchev–Trinajstić information content (AvgIpc) is 3.04. The van der Waals surface area contributed by atoms with Crippen LogP contribution in [0.1, 0.15) is 58.4 Å². The first-order chi connectivity index (χ1) is 15.4. The highest BCUT2D eigenvalue weighted by atomic mass is 19.1. The normalized spacial score (nSPS) is 39.2. The third-order valence-corrected chi connectivity index (χ3v) is 8.65. The van der Waals surface area contributed by atoms with Crippen LogP contribution in [-0.2, 0) is 9.53 Å². The van der Waals surface area contributed by atoms with Crippen molar-refractivity contribution in [2.75, 3.05) is 0 Å². The largest absolute Gasteiger partial charge is 0.462 e. The Morgan fingerprint density at radius 2 is 1.94 bits per heavy atom. The number of fused-ring (bicyclic) bond motifs is 2. The Morgan fingerprint density at radius 1 is 1.09 bits per heavy atom. The highest BCUT2D eigenvalue weighted by molar-refractivity contribution is 5.75. The van der Waals surface area contributed by atoms with Crippen molar-refractivity contribution in [2.45, 2.75) is 59.0 Å². The van der Waals surface area contributed by atoms with Crippen molar-refractivity contribution in [1.82, 2.24) is 0 Å². The van der Waals surface area contributed by atoms with Gasteiger partial charge in [-0.1, -0.05) is 56.7 Å². The molecule has 1 aromatic carbocycles. The van der Waals surface area contributed by atoms with Gasteiger partial charge in [0.15, 0.2) is 0 Å². The number of allylic oxidation sites excluding steroid dienone is 6. The molecular weight excluding hydrogens is 399 g/mol. The monoisotopic (exact) mass is 434 g/mol. The molecule has 0 radical (unpaired) electrons. The van der Waals surface area contributed by atoms with Crippen molar-refractivity contribution in [3.8, 4) is 0 Å². The van der Waals surface area contributed by atoms with E-state index in [2.05, 4.69) is 45.1 Å². The van der Waals surface area contributed by atoms with Crippen molar-refractivity contribution in [3.63, 3.8) is 0 Å². The zero-order valence-corrected chi connectivity index (χ0v) is 19.5. The third-order valence-electron chi connectivity index (χ3n) is 8.65. The van der Waals surface area contributed by atoms with Crippen molar-refractivity contribution < 1.29 is 13.9 Å². The molecule has 0 amide bonds. The van der Waals surface area contributed by atoms with Gasteiger partial charge in [0, 0.05) is 5.92 Å². The lowest BCUT2D eigenvalue weighted by Gasteiger charge is -2.47. The Bertz CT molecular complexity index is 973. The molecular formula is C29H35FO2. The number of ether oxygens (including phenoxy) is 1. The number of esters is 1. The first-order valence-corrected chi connectivity index (χ1v) is 12.5. The fourth-order valence-electron chi connectivity index (χ4n) is 7.15. The van der Waals surface area contributed by atoms with Gasteiger partial charge in [-0.25, -0.2) is 4.39 Å². The number of halogens is 1. The Labute approximate surface area is 191 Å². The van der Waals surface area contributed by atoms with Crippen molar-refractivity contribution in [3.05, 3.63) is 65.5 Å². The molecule has 2 saturated carbocycles. The average molecular weight is 435 g/mol. The van der Waals surface area contributed by atoms with E-state index < -0.39 is 0 Å². The lowest BCUT2D eigenvalue weighted by atomic mass is 9.56. The molecule has 3 heteroatoms. The number of cyclic esters (lactones) is 1. The summed E-state index contributed by atoms with van der Waals surface area (Å²) in [6.45, 7) is 6.67.